The number of amides is 2. The molecular weight excluding hydrogens is 360 g/mol. The molecule has 0 bridgehead atoms. The topological polar surface area (TPSA) is 90.0 Å². The number of primary amides is 1. The first-order valence-corrected chi connectivity index (χ1v) is 9.73. The molecule has 0 fully saturated rings. The zero-order valence-corrected chi connectivity index (χ0v) is 15.8. The molecule has 0 radical (unpaired) electrons. The molecule has 3 aromatic rings. The van der Waals surface area contributed by atoms with E-state index in [0.717, 1.165) is 47.5 Å². The second-order valence-corrected chi connectivity index (χ2v) is 7.73. The second-order valence-electron chi connectivity index (χ2n) is 6.62. The van der Waals surface area contributed by atoms with Crippen LogP contribution >= 0.6 is 11.3 Å². The predicted octanol–water partition coefficient (Wildman–Crippen LogP) is 3.47. The van der Waals surface area contributed by atoms with Gasteiger partial charge in [0.2, 0.25) is 0 Å². The van der Waals surface area contributed by atoms with Gasteiger partial charge in [0, 0.05) is 4.88 Å². The summed E-state index contributed by atoms with van der Waals surface area (Å²) in [4.78, 5) is 26.0. The molecule has 2 amide bonds. The van der Waals surface area contributed by atoms with Gasteiger partial charge in [0.15, 0.2) is 0 Å². The summed E-state index contributed by atoms with van der Waals surface area (Å²) in [5.41, 5.74) is 9.18. The van der Waals surface area contributed by atoms with E-state index in [2.05, 4.69) is 10.4 Å². The highest BCUT2D eigenvalue weighted by molar-refractivity contribution is 7.17. The van der Waals surface area contributed by atoms with E-state index in [9.17, 15) is 9.59 Å². The smallest absolute Gasteiger partial charge is 0.259 e. The fraction of sp³-hybridized carbons (Fsp3) is 0.250. The van der Waals surface area contributed by atoms with Gasteiger partial charge in [-0.15, -0.1) is 11.3 Å². The Morgan fingerprint density at radius 3 is 2.67 bits per heavy atom. The van der Waals surface area contributed by atoms with Crippen LogP contribution in [0.1, 0.15) is 49.7 Å². The Morgan fingerprint density at radius 2 is 1.93 bits per heavy atom. The molecule has 1 aromatic carbocycles. The highest BCUT2D eigenvalue weighted by atomic mass is 32.1. The third-order valence-corrected chi connectivity index (χ3v) is 6.11. The Morgan fingerprint density at radius 1 is 1.19 bits per heavy atom. The number of hydrogen-bond acceptors (Lipinski definition) is 4. The number of para-hydroxylation sites is 1. The third kappa shape index (κ3) is 3.14. The summed E-state index contributed by atoms with van der Waals surface area (Å²) in [6.07, 6.45) is 5.46. The summed E-state index contributed by atoms with van der Waals surface area (Å²) >= 11 is 1.46. The van der Waals surface area contributed by atoms with Gasteiger partial charge in [0.05, 0.1) is 28.7 Å². The number of nitrogens with one attached hydrogen (secondary N) is 1. The number of benzene rings is 1. The molecule has 3 N–H and O–H groups in total. The zero-order chi connectivity index (χ0) is 19.0. The van der Waals surface area contributed by atoms with Crippen molar-refractivity contribution in [2.24, 2.45) is 5.73 Å². The van der Waals surface area contributed by atoms with E-state index in [1.165, 1.54) is 11.3 Å². The summed E-state index contributed by atoms with van der Waals surface area (Å²) in [5.74, 6) is -0.766. The van der Waals surface area contributed by atoms with Crippen LogP contribution in [0, 0.1) is 6.92 Å². The van der Waals surface area contributed by atoms with Crippen LogP contribution < -0.4 is 11.1 Å². The van der Waals surface area contributed by atoms with Crippen LogP contribution in [0.2, 0.25) is 0 Å². The first kappa shape index (κ1) is 17.5. The van der Waals surface area contributed by atoms with Crippen LogP contribution in [0.15, 0.2) is 36.5 Å². The van der Waals surface area contributed by atoms with Gasteiger partial charge in [-0.1, -0.05) is 18.2 Å². The Hall–Kier alpha value is -2.93. The molecule has 7 heteroatoms. The van der Waals surface area contributed by atoms with Crippen molar-refractivity contribution in [1.82, 2.24) is 9.78 Å². The maximum atomic E-state index is 12.9. The van der Waals surface area contributed by atoms with Crippen molar-refractivity contribution in [2.45, 2.75) is 32.6 Å². The minimum atomic E-state index is -0.485. The average molecular weight is 380 g/mol. The van der Waals surface area contributed by atoms with Gasteiger partial charge in [0.1, 0.15) is 5.00 Å². The van der Waals surface area contributed by atoms with Crippen molar-refractivity contribution in [1.29, 1.82) is 0 Å². The minimum Gasteiger partial charge on any atom is -0.365 e. The van der Waals surface area contributed by atoms with Gasteiger partial charge in [-0.25, -0.2) is 4.68 Å². The van der Waals surface area contributed by atoms with E-state index in [1.54, 1.807) is 10.9 Å². The Labute approximate surface area is 161 Å². The monoisotopic (exact) mass is 380 g/mol. The fourth-order valence-corrected chi connectivity index (χ4v) is 4.84. The largest absolute Gasteiger partial charge is 0.365 e. The van der Waals surface area contributed by atoms with E-state index in [1.807, 2.05) is 37.3 Å². The molecule has 2 heterocycles. The molecule has 0 spiro atoms. The first-order chi connectivity index (χ1) is 13.1. The normalized spacial score (nSPS) is 13.2. The maximum absolute atomic E-state index is 12.9. The lowest BCUT2D eigenvalue weighted by atomic mass is 9.95. The van der Waals surface area contributed by atoms with Crippen LogP contribution in [-0.4, -0.2) is 21.6 Å². The molecule has 6 nitrogen and oxygen atoms in total. The number of anilines is 1. The number of carbonyl (C=O) groups is 2. The number of thiophene rings is 1. The van der Waals surface area contributed by atoms with Gasteiger partial charge in [-0.3, -0.25) is 9.59 Å². The van der Waals surface area contributed by atoms with Gasteiger partial charge in [-0.05, 0) is 50.3 Å². The number of rotatable bonds is 4. The molecule has 1 aliphatic carbocycles. The van der Waals surface area contributed by atoms with E-state index in [0.29, 0.717) is 16.1 Å². The minimum absolute atomic E-state index is 0.282. The van der Waals surface area contributed by atoms with Gasteiger partial charge >= 0.3 is 0 Å². The molecular formula is C20H20N4O2S. The first-order valence-electron chi connectivity index (χ1n) is 8.92. The third-order valence-electron chi connectivity index (χ3n) is 4.90. The molecule has 4 rings (SSSR count). The van der Waals surface area contributed by atoms with Crippen LogP contribution in [0.5, 0.6) is 0 Å². The molecule has 2 aromatic heterocycles. The van der Waals surface area contributed by atoms with Crippen LogP contribution in [0.3, 0.4) is 0 Å². The van der Waals surface area contributed by atoms with E-state index in [4.69, 9.17) is 5.73 Å². The van der Waals surface area contributed by atoms with Crippen LogP contribution in [-0.2, 0) is 12.8 Å². The molecule has 0 aliphatic heterocycles. The number of aryl methyl sites for hydroxylation is 1. The number of fused-ring (bicyclic) bond motifs is 1. The summed E-state index contributed by atoms with van der Waals surface area (Å²) < 4.78 is 1.73. The van der Waals surface area contributed by atoms with E-state index < -0.39 is 5.91 Å². The molecule has 1 aliphatic rings. The number of nitrogens with two attached hydrogens (primary N) is 1. The number of hydrogen-bond donors (Lipinski definition) is 2. The second kappa shape index (κ2) is 7.00. The van der Waals surface area contributed by atoms with Crippen LogP contribution in [0.4, 0.5) is 5.00 Å². The predicted molar refractivity (Wildman–Crippen MR) is 106 cm³/mol. The van der Waals surface area contributed by atoms with E-state index in [-0.39, 0.29) is 5.91 Å². The number of aromatic nitrogens is 2. The van der Waals surface area contributed by atoms with Gasteiger partial charge in [0.25, 0.3) is 11.8 Å². The molecule has 138 valence electrons. The molecule has 0 atom stereocenters. The highest BCUT2D eigenvalue weighted by Gasteiger charge is 2.26. The van der Waals surface area contributed by atoms with Crippen molar-refractivity contribution < 1.29 is 9.59 Å². The zero-order valence-electron chi connectivity index (χ0n) is 15.0. The lowest BCUT2D eigenvalue weighted by molar-refractivity contribution is 0.100. The Bertz CT molecular complexity index is 1020. The summed E-state index contributed by atoms with van der Waals surface area (Å²) in [6, 6.07) is 9.64. The number of carbonyl (C=O) groups excluding carboxylic acids is 2. The quantitative estimate of drug-likeness (QED) is 0.726. The average Bonchev–Trinajstić information content (AvgIpc) is 3.22. The maximum Gasteiger partial charge on any atom is 0.259 e. The van der Waals surface area contributed by atoms with Crippen molar-refractivity contribution in [3.8, 4) is 5.69 Å². The van der Waals surface area contributed by atoms with Crippen molar-refractivity contribution in [3.05, 3.63) is 63.8 Å². The van der Waals surface area contributed by atoms with Gasteiger partial charge in [-0.2, -0.15) is 5.10 Å². The molecule has 0 unspecified atom stereocenters. The lowest BCUT2D eigenvalue weighted by Gasteiger charge is -2.11. The highest BCUT2D eigenvalue weighted by Crippen LogP contribution is 2.38. The fourth-order valence-electron chi connectivity index (χ4n) is 3.55. The number of nitrogens with zero attached hydrogens (tertiary/aromatic N) is 2. The van der Waals surface area contributed by atoms with Crippen molar-refractivity contribution in [3.63, 3.8) is 0 Å². The standard InChI is InChI=1S/C20H20N4O2S/c1-12-15(11-22-24(12)13-7-3-2-4-8-13)19(26)23-20-17(18(21)25)14-9-5-6-10-16(14)27-20/h2-4,7-8,11H,5-6,9-10H2,1H3,(H2,21,25)(H,23,26). The Kier molecular flexibility index (Phi) is 4.53. The van der Waals surface area contributed by atoms with Crippen LogP contribution in [0.25, 0.3) is 5.69 Å². The summed E-state index contributed by atoms with van der Waals surface area (Å²) in [7, 11) is 0. The molecule has 0 saturated heterocycles. The van der Waals surface area contributed by atoms with Gasteiger partial charge < -0.3 is 11.1 Å². The molecule has 27 heavy (non-hydrogen) atoms. The molecule has 0 saturated carbocycles. The summed E-state index contributed by atoms with van der Waals surface area (Å²) in [6.45, 7) is 1.85. The summed E-state index contributed by atoms with van der Waals surface area (Å²) in [5, 5.41) is 7.78. The van der Waals surface area contributed by atoms with Crippen molar-refractivity contribution in [2.75, 3.05) is 5.32 Å². The van der Waals surface area contributed by atoms with E-state index >= 15 is 0 Å². The lowest BCUT2D eigenvalue weighted by Crippen LogP contribution is -2.19. The SMILES string of the molecule is Cc1c(C(=O)Nc2sc3c(c2C(N)=O)CCCC3)cnn1-c1ccccc1. The Balaban J connectivity index is 1.65. The van der Waals surface area contributed by atoms with Crippen molar-refractivity contribution >= 4 is 28.2 Å².